The number of nitrogens with zero attached hydrogens (tertiary/aromatic N) is 2. The van der Waals surface area contributed by atoms with E-state index in [9.17, 15) is 5.26 Å². The molecule has 0 atom stereocenters. The number of fused-ring (bicyclic) bond motifs is 1. The van der Waals surface area contributed by atoms with E-state index in [2.05, 4.69) is 47.6 Å². The lowest BCUT2D eigenvalue weighted by Gasteiger charge is -2.24. The van der Waals surface area contributed by atoms with Crippen molar-refractivity contribution in [3.63, 3.8) is 0 Å². The van der Waals surface area contributed by atoms with Gasteiger partial charge in [-0.3, -0.25) is 0 Å². The maximum Gasteiger partial charge on any atom is 0.221 e. The standard InChI is InChI=1S/C22H21N3O/c1-15-3-2-4-17(11-15)21-14-25-22(26-18-7-9-24-10-8-18)20-12-16(13-23)5-6-19(20)21/h2-6,11-12,14,18,24H,7-10H2,1H3. The first kappa shape index (κ1) is 16.6. The van der Waals surface area contributed by atoms with E-state index in [1.165, 1.54) is 5.56 Å². The molecule has 1 aromatic heterocycles. The number of pyridine rings is 1. The van der Waals surface area contributed by atoms with Gasteiger partial charge in [-0.15, -0.1) is 0 Å². The van der Waals surface area contributed by atoms with Crippen molar-refractivity contribution in [3.8, 4) is 23.1 Å². The first-order chi connectivity index (χ1) is 12.7. The summed E-state index contributed by atoms with van der Waals surface area (Å²) in [6.07, 6.45) is 4.00. The smallest absolute Gasteiger partial charge is 0.221 e. The molecule has 1 N–H and O–H groups in total. The van der Waals surface area contributed by atoms with Crippen LogP contribution in [-0.4, -0.2) is 24.2 Å². The van der Waals surface area contributed by atoms with E-state index in [4.69, 9.17) is 4.74 Å². The highest BCUT2D eigenvalue weighted by Crippen LogP contribution is 2.34. The summed E-state index contributed by atoms with van der Waals surface area (Å²) in [4.78, 5) is 4.63. The van der Waals surface area contributed by atoms with Crippen LogP contribution in [0.25, 0.3) is 21.9 Å². The number of aryl methyl sites for hydroxylation is 1. The molecule has 0 aliphatic carbocycles. The summed E-state index contributed by atoms with van der Waals surface area (Å²) in [6, 6.07) is 16.4. The van der Waals surface area contributed by atoms with Crippen LogP contribution in [0.2, 0.25) is 0 Å². The van der Waals surface area contributed by atoms with Crippen molar-refractivity contribution in [2.75, 3.05) is 13.1 Å². The average Bonchev–Trinajstić information content (AvgIpc) is 2.68. The van der Waals surface area contributed by atoms with Crippen LogP contribution in [0.3, 0.4) is 0 Å². The van der Waals surface area contributed by atoms with E-state index in [1.807, 2.05) is 24.4 Å². The number of nitrogens with one attached hydrogen (secondary N) is 1. The third-order valence-electron chi connectivity index (χ3n) is 4.87. The Morgan fingerprint density at radius 1 is 1.12 bits per heavy atom. The van der Waals surface area contributed by atoms with Crippen LogP contribution in [-0.2, 0) is 0 Å². The molecule has 0 radical (unpaired) electrons. The van der Waals surface area contributed by atoms with Gasteiger partial charge in [0.25, 0.3) is 0 Å². The summed E-state index contributed by atoms with van der Waals surface area (Å²) in [5, 5.41) is 14.6. The Bertz CT molecular complexity index is 984. The lowest BCUT2D eigenvalue weighted by atomic mass is 9.98. The second-order valence-electron chi connectivity index (χ2n) is 6.79. The van der Waals surface area contributed by atoms with Crippen molar-refractivity contribution in [2.24, 2.45) is 0 Å². The Labute approximate surface area is 153 Å². The predicted octanol–water partition coefficient (Wildman–Crippen LogP) is 4.21. The van der Waals surface area contributed by atoms with Crippen LogP contribution in [0.1, 0.15) is 24.0 Å². The SMILES string of the molecule is Cc1cccc(-c2cnc(OC3CCNCC3)c3cc(C#N)ccc23)c1. The molecule has 0 amide bonds. The molecule has 2 aromatic carbocycles. The van der Waals surface area contributed by atoms with Gasteiger partial charge in [-0.2, -0.15) is 5.26 Å². The summed E-state index contributed by atoms with van der Waals surface area (Å²) in [7, 11) is 0. The minimum Gasteiger partial charge on any atom is -0.474 e. The lowest BCUT2D eigenvalue weighted by Crippen LogP contribution is -2.34. The molecule has 130 valence electrons. The highest BCUT2D eigenvalue weighted by atomic mass is 16.5. The molecular formula is C22H21N3O. The van der Waals surface area contributed by atoms with E-state index in [-0.39, 0.29) is 6.10 Å². The molecule has 0 spiro atoms. The van der Waals surface area contributed by atoms with Gasteiger partial charge in [-0.1, -0.05) is 35.9 Å². The zero-order chi connectivity index (χ0) is 17.9. The monoisotopic (exact) mass is 343 g/mol. The number of piperidine rings is 1. The van der Waals surface area contributed by atoms with Crippen molar-refractivity contribution in [1.82, 2.24) is 10.3 Å². The molecule has 3 aromatic rings. The lowest BCUT2D eigenvalue weighted by molar-refractivity contribution is 0.158. The van der Waals surface area contributed by atoms with Crippen LogP contribution in [0.15, 0.2) is 48.7 Å². The molecule has 2 heterocycles. The van der Waals surface area contributed by atoms with Gasteiger partial charge >= 0.3 is 0 Å². The fourth-order valence-corrected chi connectivity index (χ4v) is 3.50. The molecule has 1 aliphatic heterocycles. The summed E-state index contributed by atoms with van der Waals surface area (Å²) in [5.74, 6) is 0.625. The van der Waals surface area contributed by atoms with E-state index >= 15 is 0 Å². The van der Waals surface area contributed by atoms with Gasteiger partial charge in [0.2, 0.25) is 5.88 Å². The predicted molar refractivity (Wildman–Crippen MR) is 103 cm³/mol. The van der Waals surface area contributed by atoms with Gasteiger partial charge in [-0.05, 0) is 55.9 Å². The Morgan fingerprint density at radius 2 is 1.96 bits per heavy atom. The fraction of sp³-hybridized carbons (Fsp3) is 0.273. The van der Waals surface area contributed by atoms with Gasteiger partial charge in [0.1, 0.15) is 6.10 Å². The normalized spacial score (nSPS) is 14.9. The maximum absolute atomic E-state index is 9.31. The first-order valence-electron chi connectivity index (χ1n) is 9.02. The van der Waals surface area contributed by atoms with E-state index in [1.54, 1.807) is 0 Å². The van der Waals surface area contributed by atoms with Gasteiger partial charge in [0.05, 0.1) is 11.6 Å². The Kier molecular flexibility index (Phi) is 4.55. The molecule has 1 saturated heterocycles. The minimum atomic E-state index is 0.169. The number of benzene rings is 2. The van der Waals surface area contributed by atoms with Gasteiger partial charge in [-0.25, -0.2) is 4.98 Å². The quantitative estimate of drug-likeness (QED) is 0.774. The Morgan fingerprint density at radius 3 is 2.73 bits per heavy atom. The molecule has 1 aliphatic rings. The number of ether oxygens (including phenoxy) is 1. The Balaban J connectivity index is 1.83. The van der Waals surface area contributed by atoms with Gasteiger partial charge in [0.15, 0.2) is 0 Å². The second-order valence-corrected chi connectivity index (χ2v) is 6.79. The molecule has 4 heteroatoms. The molecule has 0 bridgehead atoms. The topological polar surface area (TPSA) is 57.9 Å². The molecular weight excluding hydrogens is 322 g/mol. The van der Waals surface area contributed by atoms with Gasteiger partial charge in [0, 0.05) is 17.1 Å². The minimum absolute atomic E-state index is 0.169. The Hall–Kier alpha value is -2.90. The van der Waals surface area contributed by atoms with Crippen LogP contribution in [0.5, 0.6) is 5.88 Å². The number of hydrogen-bond donors (Lipinski definition) is 1. The third-order valence-corrected chi connectivity index (χ3v) is 4.87. The molecule has 4 rings (SSSR count). The highest BCUT2D eigenvalue weighted by molar-refractivity contribution is 5.99. The van der Waals surface area contributed by atoms with Crippen LogP contribution >= 0.6 is 0 Å². The van der Waals surface area contributed by atoms with Crippen LogP contribution in [0.4, 0.5) is 0 Å². The molecule has 4 nitrogen and oxygen atoms in total. The number of aromatic nitrogens is 1. The van der Waals surface area contributed by atoms with Crippen molar-refractivity contribution < 1.29 is 4.74 Å². The largest absolute Gasteiger partial charge is 0.474 e. The summed E-state index contributed by atoms with van der Waals surface area (Å²) in [5.41, 5.74) is 4.02. The van der Waals surface area contributed by atoms with Crippen molar-refractivity contribution in [3.05, 3.63) is 59.8 Å². The summed E-state index contributed by atoms with van der Waals surface area (Å²) in [6.45, 7) is 4.02. The van der Waals surface area contributed by atoms with E-state index in [0.717, 1.165) is 47.8 Å². The van der Waals surface area contributed by atoms with Crippen LogP contribution in [0, 0.1) is 18.3 Å². The third kappa shape index (κ3) is 3.26. The summed E-state index contributed by atoms with van der Waals surface area (Å²) >= 11 is 0. The van der Waals surface area contributed by atoms with E-state index in [0.29, 0.717) is 11.4 Å². The highest BCUT2D eigenvalue weighted by Gasteiger charge is 2.18. The van der Waals surface area contributed by atoms with E-state index < -0.39 is 0 Å². The average molecular weight is 343 g/mol. The molecule has 0 unspecified atom stereocenters. The van der Waals surface area contributed by atoms with Crippen molar-refractivity contribution >= 4 is 10.8 Å². The number of nitriles is 1. The molecule has 1 fully saturated rings. The number of rotatable bonds is 3. The van der Waals surface area contributed by atoms with Crippen molar-refractivity contribution in [2.45, 2.75) is 25.9 Å². The van der Waals surface area contributed by atoms with Gasteiger partial charge < -0.3 is 10.1 Å². The molecule has 0 saturated carbocycles. The zero-order valence-corrected chi connectivity index (χ0v) is 14.8. The first-order valence-corrected chi connectivity index (χ1v) is 9.02. The second kappa shape index (κ2) is 7.15. The number of hydrogen-bond acceptors (Lipinski definition) is 4. The van der Waals surface area contributed by atoms with Crippen molar-refractivity contribution in [1.29, 1.82) is 5.26 Å². The van der Waals surface area contributed by atoms with Crippen LogP contribution < -0.4 is 10.1 Å². The zero-order valence-electron chi connectivity index (χ0n) is 14.8. The fourth-order valence-electron chi connectivity index (χ4n) is 3.50. The summed E-state index contributed by atoms with van der Waals surface area (Å²) < 4.78 is 6.22. The maximum atomic E-state index is 9.31. The molecule has 26 heavy (non-hydrogen) atoms.